The molecule has 0 amide bonds. The molecule has 0 radical (unpaired) electrons. The van der Waals surface area contributed by atoms with Crippen molar-refractivity contribution in [3.05, 3.63) is 0 Å². The topological polar surface area (TPSA) is 72.5 Å². The largest absolute Gasteiger partial charge is 0.466 e. The Kier molecular flexibility index (Phi) is 7.33. The number of nitrogens with one attached hydrogen (secondary N) is 1. The van der Waals surface area contributed by atoms with Crippen LogP contribution in [0.3, 0.4) is 0 Å². The Bertz CT molecular complexity index is 274. The zero-order valence-electron chi connectivity index (χ0n) is 9.28. The molecule has 0 aliphatic carbocycles. The van der Waals surface area contributed by atoms with Crippen LogP contribution in [-0.4, -0.2) is 33.3 Å². The van der Waals surface area contributed by atoms with Gasteiger partial charge in [-0.3, -0.25) is 4.79 Å². The summed E-state index contributed by atoms with van der Waals surface area (Å²) in [5.41, 5.74) is 0. The van der Waals surface area contributed by atoms with Gasteiger partial charge in [-0.25, -0.2) is 13.1 Å². The molecule has 0 aromatic carbocycles. The van der Waals surface area contributed by atoms with Gasteiger partial charge < -0.3 is 4.74 Å². The molecule has 0 aromatic rings. The van der Waals surface area contributed by atoms with Crippen LogP contribution in [0.25, 0.3) is 0 Å². The molecule has 0 saturated heterocycles. The SMILES string of the molecule is CCCCS(=O)(=O)NCCC(=O)OCC. The standard InChI is InChI=1S/C9H19NO4S/c1-3-5-8-15(12,13)10-7-6-9(11)14-4-2/h10H,3-8H2,1-2H3. The Labute approximate surface area is 91.2 Å². The van der Waals surface area contributed by atoms with E-state index in [4.69, 9.17) is 0 Å². The van der Waals surface area contributed by atoms with E-state index in [2.05, 4.69) is 9.46 Å². The second kappa shape index (κ2) is 7.64. The van der Waals surface area contributed by atoms with Gasteiger partial charge in [0.1, 0.15) is 0 Å². The molecule has 0 aliphatic rings. The smallest absolute Gasteiger partial charge is 0.307 e. The summed E-state index contributed by atoms with van der Waals surface area (Å²) in [7, 11) is -3.21. The average molecular weight is 237 g/mol. The fraction of sp³-hybridized carbons (Fsp3) is 0.889. The van der Waals surface area contributed by atoms with Crippen LogP contribution in [0.4, 0.5) is 0 Å². The molecule has 90 valence electrons. The van der Waals surface area contributed by atoms with Crippen LogP contribution in [-0.2, 0) is 19.6 Å². The van der Waals surface area contributed by atoms with E-state index in [1.54, 1.807) is 6.92 Å². The molecule has 6 heteroatoms. The molecule has 5 nitrogen and oxygen atoms in total. The fourth-order valence-electron chi connectivity index (χ4n) is 0.948. The van der Waals surface area contributed by atoms with Gasteiger partial charge in [-0.05, 0) is 13.3 Å². The van der Waals surface area contributed by atoms with Crippen molar-refractivity contribution in [1.29, 1.82) is 0 Å². The Balaban J connectivity index is 3.70. The van der Waals surface area contributed by atoms with E-state index in [1.807, 2.05) is 6.92 Å². The minimum Gasteiger partial charge on any atom is -0.466 e. The summed E-state index contributed by atoms with van der Waals surface area (Å²) in [6.45, 7) is 4.07. The van der Waals surface area contributed by atoms with Crippen LogP contribution in [0.1, 0.15) is 33.1 Å². The van der Waals surface area contributed by atoms with Gasteiger partial charge >= 0.3 is 5.97 Å². The van der Waals surface area contributed by atoms with Crippen molar-refractivity contribution in [2.45, 2.75) is 33.1 Å². The molecule has 0 spiro atoms. The molecule has 0 bridgehead atoms. The Morgan fingerprint density at radius 3 is 2.53 bits per heavy atom. The second-order valence-corrected chi connectivity index (χ2v) is 5.05. The molecule has 0 saturated carbocycles. The van der Waals surface area contributed by atoms with Gasteiger partial charge in [0.05, 0.1) is 18.8 Å². The van der Waals surface area contributed by atoms with Gasteiger partial charge in [0.2, 0.25) is 10.0 Å². The van der Waals surface area contributed by atoms with Crippen molar-refractivity contribution in [1.82, 2.24) is 4.72 Å². The first kappa shape index (κ1) is 14.4. The number of hydrogen-bond donors (Lipinski definition) is 1. The maximum Gasteiger partial charge on any atom is 0.307 e. The minimum atomic E-state index is -3.21. The van der Waals surface area contributed by atoms with Crippen molar-refractivity contribution in [2.24, 2.45) is 0 Å². The number of carbonyl (C=O) groups is 1. The average Bonchev–Trinajstić information content (AvgIpc) is 2.15. The third-order valence-electron chi connectivity index (χ3n) is 1.72. The van der Waals surface area contributed by atoms with E-state index >= 15 is 0 Å². The molecule has 1 N–H and O–H groups in total. The van der Waals surface area contributed by atoms with E-state index in [0.29, 0.717) is 13.0 Å². The normalized spacial score (nSPS) is 11.3. The van der Waals surface area contributed by atoms with Gasteiger partial charge in [0.25, 0.3) is 0 Å². The molecule has 0 aromatic heterocycles. The van der Waals surface area contributed by atoms with Crippen LogP contribution in [0.2, 0.25) is 0 Å². The molecule has 0 unspecified atom stereocenters. The summed E-state index contributed by atoms with van der Waals surface area (Å²) in [4.78, 5) is 10.9. The minimum absolute atomic E-state index is 0.0825. The van der Waals surface area contributed by atoms with E-state index in [1.165, 1.54) is 0 Å². The summed E-state index contributed by atoms with van der Waals surface area (Å²) >= 11 is 0. The van der Waals surface area contributed by atoms with E-state index in [0.717, 1.165) is 6.42 Å². The van der Waals surface area contributed by atoms with Crippen LogP contribution in [0.15, 0.2) is 0 Å². The Hall–Kier alpha value is -0.620. The Morgan fingerprint density at radius 1 is 1.33 bits per heavy atom. The monoisotopic (exact) mass is 237 g/mol. The molecule has 0 heterocycles. The third kappa shape index (κ3) is 8.38. The molecule has 0 atom stereocenters. The lowest BCUT2D eigenvalue weighted by molar-refractivity contribution is -0.142. The highest BCUT2D eigenvalue weighted by molar-refractivity contribution is 7.89. The lowest BCUT2D eigenvalue weighted by Gasteiger charge is -2.05. The van der Waals surface area contributed by atoms with Crippen molar-refractivity contribution >= 4 is 16.0 Å². The third-order valence-corrected chi connectivity index (χ3v) is 3.19. The zero-order chi connectivity index (χ0) is 11.7. The van der Waals surface area contributed by atoms with Crippen LogP contribution in [0.5, 0.6) is 0 Å². The van der Waals surface area contributed by atoms with Gasteiger partial charge in [-0.1, -0.05) is 13.3 Å². The summed E-state index contributed by atoms with van der Waals surface area (Å²) in [6.07, 6.45) is 1.55. The van der Waals surface area contributed by atoms with Gasteiger partial charge in [0.15, 0.2) is 0 Å². The first-order valence-electron chi connectivity index (χ1n) is 5.14. The van der Waals surface area contributed by atoms with E-state index in [9.17, 15) is 13.2 Å². The van der Waals surface area contributed by atoms with Crippen molar-refractivity contribution < 1.29 is 17.9 Å². The number of carbonyl (C=O) groups excluding carboxylic acids is 1. The molecule has 0 aliphatic heterocycles. The van der Waals surface area contributed by atoms with Gasteiger partial charge in [-0.2, -0.15) is 0 Å². The molecular formula is C9H19NO4S. The number of sulfonamides is 1. The highest BCUT2D eigenvalue weighted by Crippen LogP contribution is 1.94. The number of unbranched alkanes of at least 4 members (excludes halogenated alkanes) is 1. The molecule has 0 fully saturated rings. The fourth-order valence-corrected chi connectivity index (χ4v) is 2.17. The highest BCUT2D eigenvalue weighted by atomic mass is 32.2. The predicted molar refractivity (Wildman–Crippen MR) is 57.9 cm³/mol. The Morgan fingerprint density at radius 2 is 2.00 bits per heavy atom. The lowest BCUT2D eigenvalue weighted by atomic mass is 10.4. The summed E-state index contributed by atoms with van der Waals surface area (Å²) in [6, 6.07) is 0. The number of ether oxygens (including phenoxy) is 1. The summed E-state index contributed by atoms with van der Waals surface area (Å²) in [5, 5.41) is 0. The van der Waals surface area contributed by atoms with Crippen molar-refractivity contribution in [3.63, 3.8) is 0 Å². The lowest BCUT2D eigenvalue weighted by Crippen LogP contribution is -2.28. The van der Waals surface area contributed by atoms with Crippen molar-refractivity contribution in [2.75, 3.05) is 18.9 Å². The van der Waals surface area contributed by atoms with Crippen LogP contribution >= 0.6 is 0 Å². The first-order valence-corrected chi connectivity index (χ1v) is 6.80. The molecule has 15 heavy (non-hydrogen) atoms. The highest BCUT2D eigenvalue weighted by Gasteiger charge is 2.09. The molecular weight excluding hydrogens is 218 g/mol. The predicted octanol–water partition coefficient (Wildman–Crippen LogP) is 0.659. The van der Waals surface area contributed by atoms with Gasteiger partial charge in [0, 0.05) is 6.54 Å². The van der Waals surface area contributed by atoms with E-state index < -0.39 is 10.0 Å². The summed E-state index contributed by atoms with van der Waals surface area (Å²) in [5.74, 6) is -0.262. The van der Waals surface area contributed by atoms with Crippen LogP contribution < -0.4 is 4.72 Å². The van der Waals surface area contributed by atoms with Gasteiger partial charge in [-0.15, -0.1) is 0 Å². The maximum atomic E-state index is 11.3. The first-order chi connectivity index (χ1) is 7.02. The summed E-state index contributed by atoms with van der Waals surface area (Å²) < 4.78 is 29.5. The quantitative estimate of drug-likeness (QED) is 0.629. The van der Waals surface area contributed by atoms with Crippen LogP contribution in [0, 0.1) is 0 Å². The number of rotatable bonds is 8. The second-order valence-electron chi connectivity index (χ2n) is 3.12. The number of hydrogen-bond acceptors (Lipinski definition) is 4. The van der Waals surface area contributed by atoms with Crippen molar-refractivity contribution in [3.8, 4) is 0 Å². The maximum absolute atomic E-state index is 11.3. The zero-order valence-corrected chi connectivity index (χ0v) is 10.1. The molecule has 0 rings (SSSR count). The number of esters is 1. The van der Waals surface area contributed by atoms with E-state index in [-0.39, 0.29) is 24.7 Å².